The van der Waals surface area contributed by atoms with Crippen molar-refractivity contribution in [3.8, 4) is 0 Å². The van der Waals surface area contributed by atoms with Crippen LogP contribution in [0.4, 0.5) is 4.39 Å². The number of hydrogen-bond acceptors (Lipinski definition) is 3. The zero-order valence-corrected chi connectivity index (χ0v) is 13.6. The molecule has 118 valence electrons. The van der Waals surface area contributed by atoms with Crippen LogP contribution in [0.3, 0.4) is 0 Å². The van der Waals surface area contributed by atoms with Crippen LogP contribution in [-0.2, 0) is 5.54 Å². The third-order valence-corrected chi connectivity index (χ3v) is 5.08. The molecule has 0 aliphatic carbocycles. The zero-order valence-electron chi connectivity index (χ0n) is 13.6. The molecule has 2 rings (SSSR count). The number of nitrogens with two attached hydrogens (primary N) is 1. The highest BCUT2D eigenvalue weighted by Gasteiger charge is 2.40. The molecule has 0 amide bonds. The Hall–Kier alpha value is -0.970. The average Bonchev–Trinajstić information content (AvgIpc) is 2.47. The molecule has 1 aliphatic heterocycles. The lowest BCUT2D eigenvalue weighted by Crippen LogP contribution is -2.61. The third-order valence-electron chi connectivity index (χ3n) is 5.08. The number of halogens is 1. The van der Waals surface area contributed by atoms with Crippen molar-refractivity contribution in [3.63, 3.8) is 0 Å². The van der Waals surface area contributed by atoms with E-state index in [1.807, 2.05) is 12.1 Å². The highest BCUT2D eigenvalue weighted by atomic mass is 19.1. The maximum absolute atomic E-state index is 13.2. The Morgan fingerprint density at radius 3 is 2.05 bits per heavy atom. The molecule has 1 aromatic rings. The topological polar surface area (TPSA) is 32.5 Å². The van der Waals surface area contributed by atoms with Crippen molar-refractivity contribution in [3.05, 3.63) is 35.6 Å². The minimum Gasteiger partial charge on any atom is -0.320 e. The summed E-state index contributed by atoms with van der Waals surface area (Å²) < 4.78 is 13.2. The first-order chi connectivity index (χ1) is 9.85. The summed E-state index contributed by atoms with van der Waals surface area (Å²) in [6, 6.07) is 6.91. The van der Waals surface area contributed by atoms with Gasteiger partial charge in [-0.1, -0.05) is 26.0 Å². The largest absolute Gasteiger partial charge is 0.320 e. The van der Waals surface area contributed by atoms with E-state index in [9.17, 15) is 4.39 Å². The first-order valence-electron chi connectivity index (χ1n) is 7.83. The van der Waals surface area contributed by atoms with E-state index < -0.39 is 5.54 Å². The van der Waals surface area contributed by atoms with Gasteiger partial charge >= 0.3 is 0 Å². The van der Waals surface area contributed by atoms with E-state index in [4.69, 9.17) is 5.73 Å². The van der Waals surface area contributed by atoms with E-state index in [0.29, 0.717) is 0 Å². The Bertz CT molecular complexity index is 452. The molecule has 2 unspecified atom stereocenters. The summed E-state index contributed by atoms with van der Waals surface area (Å²) in [4.78, 5) is 4.80. The molecule has 2 atom stereocenters. The first kappa shape index (κ1) is 16.4. The molecule has 1 fully saturated rings. The van der Waals surface area contributed by atoms with Crippen LogP contribution in [0.1, 0.15) is 26.3 Å². The van der Waals surface area contributed by atoms with Gasteiger partial charge in [-0.05, 0) is 37.6 Å². The molecule has 0 spiro atoms. The molecule has 0 aromatic heterocycles. The minimum atomic E-state index is -0.469. The van der Waals surface area contributed by atoms with E-state index >= 15 is 0 Å². The Labute approximate surface area is 127 Å². The summed E-state index contributed by atoms with van der Waals surface area (Å²) in [6.07, 6.45) is 0. The van der Waals surface area contributed by atoms with Gasteiger partial charge in [-0.2, -0.15) is 0 Å². The van der Waals surface area contributed by atoms with Crippen LogP contribution in [0.2, 0.25) is 0 Å². The van der Waals surface area contributed by atoms with Crippen molar-refractivity contribution in [2.24, 2.45) is 11.7 Å². The fourth-order valence-corrected chi connectivity index (χ4v) is 3.31. The van der Waals surface area contributed by atoms with Crippen LogP contribution in [0.25, 0.3) is 0 Å². The molecule has 0 bridgehead atoms. The minimum absolute atomic E-state index is 0.211. The maximum Gasteiger partial charge on any atom is 0.123 e. The Morgan fingerprint density at radius 2 is 1.57 bits per heavy atom. The summed E-state index contributed by atoms with van der Waals surface area (Å²) in [7, 11) is 2.15. The zero-order chi connectivity index (χ0) is 15.6. The average molecular weight is 293 g/mol. The maximum atomic E-state index is 13.2. The molecule has 1 aromatic carbocycles. The van der Waals surface area contributed by atoms with Crippen molar-refractivity contribution in [2.45, 2.75) is 32.4 Å². The van der Waals surface area contributed by atoms with Gasteiger partial charge in [0.05, 0.1) is 5.54 Å². The molecule has 0 saturated carbocycles. The molecule has 3 nitrogen and oxygen atoms in total. The van der Waals surface area contributed by atoms with E-state index in [-0.39, 0.29) is 17.8 Å². The molecule has 0 radical (unpaired) electrons. The summed E-state index contributed by atoms with van der Waals surface area (Å²) in [5, 5.41) is 0. The van der Waals surface area contributed by atoms with Crippen molar-refractivity contribution >= 4 is 0 Å². The van der Waals surface area contributed by atoms with Crippen LogP contribution in [0.5, 0.6) is 0 Å². The molecule has 4 heteroatoms. The predicted molar refractivity (Wildman–Crippen MR) is 85.6 cm³/mol. The molecule has 1 aliphatic rings. The molecule has 21 heavy (non-hydrogen) atoms. The van der Waals surface area contributed by atoms with E-state index in [2.05, 4.69) is 37.6 Å². The molecular formula is C17H28FN3. The van der Waals surface area contributed by atoms with Crippen LogP contribution < -0.4 is 5.73 Å². The van der Waals surface area contributed by atoms with Gasteiger partial charge < -0.3 is 10.6 Å². The normalized spacial score (nSPS) is 22.2. The summed E-state index contributed by atoms with van der Waals surface area (Å²) in [5.74, 6) is 0.0646. The quantitative estimate of drug-likeness (QED) is 0.924. The van der Waals surface area contributed by atoms with Crippen molar-refractivity contribution < 1.29 is 4.39 Å². The van der Waals surface area contributed by atoms with Gasteiger partial charge in [-0.25, -0.2) is 4.39 Å². The lowest BCUT2D eigenvalue weighted by molar-refractivity contribution is 0.0573. The number of piperazine rings is 1. The van der Waals surface area contributed by atoms with Crippen LogP contribution in [0, 0.1) is 11.7 Å². The standard InChI is InChI=1S/C17H28FN3/c1-13(2)17(19,15-5-7-16(18)8-6-15)14(3)21-11-9-20(4)10-12-21/h5-8,13-14H,9-12,19H2,1-4H3. The van der Waals surface area contributed by atoms with Crippen molar-refractivity contribution in [1.82, 2.24) is 9.80 Å². The SMILES string of the molecule is CC(C)C(N)(c1ccc(F)cc1)C(C)N1CCN(C)CC1. The highest BCUT2D eigenvalue weighted by molar-refractivity contribution is 5.27. The Morgan fingerprint density at radius 1 is 1.05 bits per heavy atom. The van der Waals surface area contributed by atoms with Gasteiger partial charge in [-0.3, -0.25) is 4.90 Å². The van der Waals surface area contributed by atoms with Gasteiger partial charge in [-0.15, -0.1) is 0 Å². The number of benzene rings is 1. The number of likely N-dealkylation sites (N-methyl/N-ethyl adjacent to an activating group) is 1. The Balaban J connectivity index is 2.26. The summed E-state index contributed by atoms with van der Waals surface area (Å²) in [5.41, 5.74) is 7.39. The van der Waals surface area contributed by atoms with E-state index in [0.717, 1.165) is 31.7 Å². The number of rotatable bonds is 4. The van der Waals surface area contributed by atoms with Gasteiger partial charge in [0.2, 0.25) is 0 Å². The lowest BCUT2D eigenvalue weighted by atomic mass is 9.75. The van der Waals surface area contributed by atoms with E-state index in [1.54, 1.807) is 0 Å². The predicted octanol–water partition coefficient (Wildman–Crippen LogP) is 2.27. The molecule has 1 saturated heterocycles. The third kappa shape index (κ3) is 3.28. The first-order valence-corrected chi connectivity index (χ1v) is 7.83. The lowest BCUT2D eigenvalue weighted by Gasteiger charge is -2.47. The highest BCUT2D eigenvalue weighted by Crippen LogP contribution is 2.33. The smallest absolute Gasteiger partial charge is 0.123 e. The summed E-state index contributed by atoms with van der Waals surface area (Å²) in [6.45, 7) is 10.7. The van der Waals surface area contributed by atoms with Gasteiger partial charge in [0, 0.05) is 32.2 Å². The van der Waals surface area contributed by atoms with Gasteiger partial charge in [0.1, 0.15) is 5.82 Å². The van der Waals surface area contributed by atoms with Crippen LogP contribution >= 0.6 is 0 Å². The number of hydrogen-bond donors (Lipinski definition) is 1. The Kier molecular flexibility index (Phi) is 5.02. The summed E-state index contributed by atoms with van der Waals surface area (Å²) >= 11 is 0. The monoisotopic (exact) mass is 293 g/mol. The van der Waals surface area contributed by atoms with Crippen LogP contribution in [-0.4, -0.2) is 49.1 Å². The second-order valence-electron chi connectivity index (χ2n) is 6.61. The second kappa shape index (κ2) is 6.42. The number of nitrogens with zero attached hydrogens (tertiary/aromatic N) is 2. The van der Waals surface area contributed by atoms with Crippen molar-refractivity contribution in [2.75, 3.05) is 33.2 Å². The fourth-order valence-electron chi connectivity index (χ4n) is 3.31. The molecule has 2 N–H and O–H groups in total. The molecule has 1 heterocycles. The fraction of sp³-hybridized carbons (Fsp3) is 0.647. The van der Waals surface area contributed by atoms with Gasteiger partial charge in [0.15, 0.2) is 0 Å². The van der Waals surface area contributed by atoms with Crippen LogP contribution in [0.15, 0.2) is 24.3 Å². The molecular weight excluding hydrogens is 265 g/mol. The van der Waals surface area contributed by atoms with E-state index in [1.165, 1.54) is 12.1 Å². The van der Waals surface area contributed by atoms with Crippen molar-refractivity contribution in [1.29, 1.82) is 0 Å². The van der Waals surface area contributed by atoms with Gasteiger partial charge in [0.25, 0.3) is 0 Å². The second-order valence-corrected chi connectivity index (χ2v) is 6.61.